The normalized spacial score (nSPS) is 23.7. The van der Waals surface area contributed by atoms with Crippen LogP contribution in [0.3, 0.4) is 0 Å². The third kappa shape index (κ3) is 2.97. The summed E-state index contributed by atoms with van der Waals surface area (Å²) < 4.78 is 0.676. The van der Waals surface area contributed by atoms with Crippen LogP contribution in [0.15, 0.2) is 16.7 Å². The number of carbonyl (C=O) groups is 1. The van der Waals surface area contributed by atoms with Crippen LogP contribution in [0, 0.1) is 5.92 Å². The topological polar surface area (TPSA) is 54.0 Å². The maximum atomic E-state index is 12.0. The van der Waals surface area contributed by atoms with E-state index in [1.165, 1.54) is 0 Å². The summed E-state index contributed by atoms with van der Waals surface area (Å²) in [5, 5.41) is 6.49. The molecule has 2 unspecified atom stereocenters. The third-order valence-electron chi connectivity index (χ3n) is 2.93. The molecule has 0 saturated carbocycles. The van der Waals surface area contributed by atoms with Gasteiger partial charge in [-0.1, -0.05) is 11.6 Å². The standard InChI is InChI=1S/C11H13BrClN3O/c1-6-8(2-3-14-6)11(17)16-7-4-9(12)10(13)15-5-7/h4-6,8,14H,2-3H2,1H3,(H,16,17). The average molecular weight is 319 g/mol. The van der Waals surface area contributed by atoms with Gasteiger partial charge in [0.05, 0.1) is 22.3 Å². The largest absolute Gasteiger partial charge is 0.324 e. The lowest BCUT2D eigenvalue weighted by atomic mass is 10.0. The second-order valence-electron chi connectivity index (χ2n) is 4.12. The van der Waals surface area contributed by atoms with E-state index in [9.17, 15) is 4.79 Å². The van der Waals surface area contributed by atoms with Gasteiger partial charge in [0.25, 0.3) is 0 Å². The van der Waals surface area contributed by atoms with E-state index in [2.05, 4.69) is 31.5 Å². The lowest BCUT2D eigenvalue weighted by molar-refractivity contribution is -0.120. The molecule has 17 heavy (non-hydrogen) atoms. The Bertz CT molecular complexity index is 441. The van der Waals surface area contributed by atoms with Gasteiger partial charge in [0.2, 0.25) is 5.91 Å². The van der Waals surface area contributed by atoms with E-state index in [0.29, 0.717) is 15.3 Å². The van der Waals surface area contributed by atoms with E-state index < -0.39 is 0 Å². The Hall–Kier alpha value is -0.650. The number of halogens is 2. The molecule has 0 radical (unpaired) electrons. The molecule has 2 heterocycles. The Balaban J connectivity index is 2.05. The molecule has 2 atom stereocenters. The van der Waals surface area contributed by atoms with Gasteiger partial charge in [0.1, 0.15) is 5.15 Å². The molecule has 0 bridgehead atoms. The molecule has 1 aliphatic rings. The van der Waals surface area contributed by atoms with Crippen LogP contribution in [0.4, 0.5) is 5.69 Å². The molecule has 1 fully saturated rings. The van der Waals surface area contributed by atoms with Gasteiger partial charge in [-0.25, -0.2) is 4.98 Å². The predicted molar refractivity (Wildman–Crippen MR) is 71.1 cm³/mol. The van der Waals surface area contributed by atoms with Crippen molar-refractivity contribution in [3.8, 4) is 0 Å². The predicted octanol–water partition coefficient (Wildman–Crippen LogP) is 2.43. The van der Waals surface area contributed by atoms with E-state index >= 15 is 0 Å². The molecule has 1 amide bonds. The fourth-order valence-corrected chi connectivity index (χ4v) is 2.39. The number of hydrogen-bond donors (Lipinski definition) is 2. The highest BCUT2D eigenvalue weighted by Crippen LogP contribution is 2.24. The van der Waals surface area contributed by atoms with Crippen molar-refractivity contribution < 1.29 is 4.79 Å². The van der Waals surface area contributed by atoms with Crippen LogP contribution in [0.1, 0.15) is 13.3 Å². The maximum Gasteiger partial charge on any atom is 0.229 e. The summed E-state index contributed by atoms with van der Waals surface area (Å²) in [6, 6.07) is 1.97. The second kappa shape index (κ2) is 5.33. The zero-order valence-electron chi connectivity index (χ0n) is 9.34. The molecule has 6 heteroatoms. The summed E-state index contributed by atoms with van der Waals surface area (Å²) >= 11 is 9.06. The van der Waals surface area contributed by atoms with Gasteiger partial charge >= 0.3 is 0 Å². The third-order valence-corrected chi connectivity index (χ3v) is 4.06. The number of nitrogens with one attached hydrogen (secondary N) is 2. The van der Waals surface area contributed by atoms with E-state index in [1.54, 1.807) is 12.3 Å². The highest BCUT2D eigenvalue weighted by molar-refractivity contribution is 9.10. The van der Waals surface area contributed by atoms with Crippen molar-refractivity contribution in [2.75, 3.05) is 11.9 Å². The molecule has 2 N–H and O–H groups in total. The highest BCUT2D eigenvalue weighted by atomic mass is 79.9. The molecule has 1 aromatic heterocycles. The Morgan fingerprint density at radius 1 is 1.71 bits per heavy atom. The van der Waals surface area contributed by atoms with Crippen molar-refractivity contribution in [3.05, 3.63) is 21.9 Å². The van der Waals surface area contributed by atoms with Crippen LogP contribution >= 0.6 is 27.5 Å². The van der Waals surface area contributed by atoms with Gasteiger partial charge in [-0.15, -0.1) is 0 Å². The minimum Gasteiger partial charge on any atom is -0.324 e. The molecule has 1 aromatic rings. The van der Waals surface area contributed by atoms with Gasteiger partial charge in [0, 0.05) is 6.04 Å². The van der Waals surface area contributed by atoms with Gasteiger partial charge < -0.3 is 10.6 Å². The monoisotopic (exact) mass is 317 g/mol. The number of carbonyl (C=O) groups excluding carboxylic acids is 1. The molecule has 2 rings (SSSR count). The first kappa shape index (κ1) is 12.8. The second-order valence-corrected chi connectivity index (χ2v) is 5.34. The van der Waals surface area contributed by atoms with E-state index in [0.717, 1.165) is 13.0 Å². The minimum atomic E-state index is 0.0180. The number of anilines is 1. The van der Waals surface area contributed by atoms with Crippen molar-refractivity contribution in [3.63, 3.8) is 0 Å². The average Bonchev–Trinajstić information content (AvgIpc) is 2.70. The van der Waals surface area contributed by atoms with Crippen LogP contribution < -0.4 is 10.6 Å². The SMILES string of the molecule is CC1NCCC1C(=O)Nc1cnc(Cl)c(Br)c1. The van der Waals surface area contributed by atoms with Crippen LogP contribution in [0.5, 0.6) is 0 Å². The van der Waals surface area contributed by atoms with Crippen LogP contribution in [0.25, 0.3) is 0 Å². The van der Waals surface area contributed by atoms with Gasteiger partial charge in [-0.2, -0.15) is 0 Å². The van der Waals surface area contributed by atoms with E-state index in [1.807, 2.05) is 6.92 Å². The highest BCUT2D eigenvalue weighted by Gasteiger charge is 2.29. The quantitative estimate of drug-likeness (QED) is 0.824. The fourth-order valence-electron chi connectivity index (χ4n) is 1.94. The van der Waals surface area contributed by atoms with Crippen LogP contribution in [0.2, 0.25) is 5.15 Å². The minimum absolute atomic E-state index is 0.0180. The molecular weight excluding hydrogens is 305 g/mol. The first-order valence-electron chi connectivity index (χ1n) is 5.43. The summed E-state index contributed by atoms with van der Waals surface area (Å²) in [5.74, 6) is 0.0444. The molecule has 1 saturated heterocycles. The Morgan fingerprint density at radius 3 is 3.06 bits per heavy atom. The molecular formula is C11H13BrClN3O. The zero-order valence-corrected chi connectivity index (χ0v) is 11.7. The summed E-state index contributed by atoms with van der Waals surface area (Å²) in [6.07, 6.45) is 2.42. The molecule has 4 nitrogen and oxygen atoms in total. The fraction of sp³-hybridized carbons (Fsp3) is 0.455. The summed E-state index contributed by atoms with van der Waals surface area (Å²) in [7, 11) is 0. The number of aromatic nitrogens is 1. The molecule has 1 aliphatic heterocycles. The number of nitrogens with zero attached hydrogens (tertiary/aromatic N) is 1. The van der Waals surface area contributed by atoms with Crippen molar-refractivity contribution >= 4 is 39.1 Å². The zero-order chi connectivity index (χ0) is 12.4. The summed E-state index contributed by atoms with van der Waals surface area (Å²) in [5.41, 5.74) is 0.658. The Morgan fingerprint density at radius 2 is 2.47 bits per heavy atom. The Kier molecular flexibility index (Phi) is 4.01. The van der Waals surface area contributed by atoms with E-state index in [4.69, 9.17) is 11.6 Å². The van der Waals surface area contributed by atoms with Crippen molar-refractivity contribution in [1.29, 1.82) is 0 Å². The summed E-state index contributed by atoms with van der Waals surface area (Å²) in [4.78, 5) is 16.0. The van der Waals surface area contributed by atoms with Crippen molar-refractivity contribution in [2.45, 2.75) is 19.4 Å². The van der Waals surface area contributed by atoms with Crippen LogP contribution in [-0.2, 0) is 4.79 Å². The van der Waals surface area contributed by atoms with Gasteiger partial charge in [0.15, 0.2) is 0 Å². The van der Waals surface area contributed by atoms with Gasteiger partial charge in [-0.3, -0.25) is 4.79 Å². The maximum absolute atomic E-state index is 12.0. The lowest BCUT2D eigenvalue weighted by Crippen LogP contribution is -2.32. The number of amides is 1. The van der Waals surface area contributed by atoms with Crippen molar-refractivity contribution in [1.82, 2.24) is 10.3 Å². The lowest BCUT2D eigenvalue weighted by Gasteiger charge is -2.14. The molecule has 0 aromatic carbocycles. The van der Waals surface area contributed by atoms with Gasteiger partial charge in [-0.05, 0) is 41.9 Å². The first-order chi connectivity index (χ1) is 8.08. The molecule has 0 aliphatic carbocycles. The van der Waals surface area contributed by atoms with E-state index in [-0.39, 0.29) is 17.9 Å². The number of rotatable bonds is 2. The van der Waals surface area contributed by atoms with Crippen LogP contribution in [-0.4, -0.2) is 23.5 Å². The Labute approximate surface area is 113 Å². The first-order valence-corrected chi connectivity index (χ1v) is 6.60. The molecule has 92 valence electrons. The molecule has 0 spiro atoms. The number of hydrogen-bond acceptors (Lipinski definition) is 3. The smallest absolute Gasteiger partial charge is 0.229 e. The number of pyridine rings is 1. The summed E-state index contributed by atoms with van der Waals surface area (Å²) in [6.45, 7) is 2.91. The van der Waals surface area contributed by atoms with Crippen molar-refractivity contribution in [2.24, 2.45) is 5.92 Å².